The van der Waals surface area contributed by atoms with E-state index in [1.807, 2.05) is 0 Å². The van der Waals surface area contributed by atoms with Gasteiger partial charge in [0, 0.05) is 11.6 Å². The van der Waals surface area contributed by atoms with Crippen molar-refractivity contribution in [3.05, 3.63) is 95.6 Å². The van der Waals surface area contributed by atoms with Crippen molar-refractivity contribution in [3.63, 3.8) is 0 Å². The predicted octanol–water partition coefficient (Wildman–Crippen LogP) is 3.29. The number of ether oxygens (including phenoxy) is 2. The first-order chi connectivity index (χ1) is 14.5. The Labute approximate surface area is 178 Å². The average Bonchev–Trinajstić information content (AvgIpc) is 2.76. The van der Waals surface area contributed by atoms with E-state index in [4.69, 9.17) is 27.4 Å². The molecule has 0 aromatic heterocycles. The van der Waals surface area contributed by atoms with E-state index >= 15 is 0 Å². The van der Waals surface area contributed by atoms with Crippen LogP contribution in [-0.4, -0.2) is 23.3 Å². The van der Waals surface area contributed by atoms with Crippen LogP contribution in [0.1, 0.15) is 26.3 Å². The molecule has 0 amide bonds. The van der Waals surface area contributed by atoms with Gasteiger partial charge >= 0.3 is 11.9 Å². The molecule has 0 aliphatic rings. The quantitative estimate of drug-likeness (QED) is 0.208. The van der Waals surface area contributed by atoms with Crippen molar-refractivity contribution in [2.75, 3.05) is 0 Å². The summed E-state index contributed by atoms with van der Waals surface area (Å²) in [4.78, 5) is 24.8. The summed E-state index contributed by atoms with van der Waals surface area (Å²) in [6.07, 6.45) is 1.38. The molecule has 0 spiro atoms. The summed E-state index contributed by atoms with van der Waals surface area (Å²) in [6.45, 7) is 0. The summed E-state index contributed by atoms with van der Waals surface area (Å²) in [6, 6.07) is 21.6. The van der Waals surface area contributed by atoms with Crippen molar-refractivity contribution < 1.29 is 19.1 Å². The number of nitrogens with two attached hydrogens (primary N) is 1. The molecule has 30 heavy (non-hydrogen) atoms. The maximum absolute atomic E-state index is 12.5. The minimum atomic E-state index is -0.570. The number of hydrazone groups is 1. The van der Waals surface area contributed by atoms with Crippen molar-refractivity contribution in [3.8, 4) is 11.5 Å². The molecule has 0 aliphatic heterocycles. The molecule has 0 atom stereocenters. The Hall–Kier alpha value is -4.04. The number of hydrogen-bond donors (Lipinski definition) is 2. The Morgan fingerprint density at radius 3 is 2.00 bits per heavy atom. The maximum atomic E-state index is 12.5. The molecule has 0 unspecified atom stereocenters. The van der Waals surface area contributed by atoms with Gasteiger partial charge in [-0.3, -0.25) is 5.43 Å². The van der Waals surface area contributed by atoms with Gasteiger partial charge in [0.15, 0.2) is 5.11 Å². The summed E-state index contributed by atoms with van der Waals surface area (Å²) < 4.78 is 10.9. The van der Waals surface area contributed by atoms with Gasteiger partial charge in [0.05, 0.1) is 17.3 Å². The third kappa shape index (κ3) is 5.73. The fourth-order valence-electron chi connectivity index (χ4n) is 2.41. The highest BCUT2D eigenvalue weighted by atomic mass is 32.1. The van der Waals surface area contributed by atoms with Gasteiger partial charge < -0.3 is 15.2 Å². The SMILES string of the molecule is NC(=S)N/N=C\c1ccc(OC(=O)c2ccccc2)cc1OC(=O)c1ccccc1. The second-order valence-corrected chi connectivity index (χ2v) is 6.38. The van der Waals surface area contributed by atoms with Crippen LogP contribution in [-0.2, 0) is 0 Å². The Morgan fingerprint density at radius 1 is 0.867 bits per heavy atom. The van der Waals surface area contributed by atoms with Crippen LogP contribution in [0.4, 0.5) is 0 Å². The molecule has 0 saturated carbocycles. The van der Waals surface area contributed by atoms with E-state index < -0.39 is 11.9 Å². The number of hydrogen-bond acceptors (Lipinski definition) is 6. The first-order valence-corrected chi connectivity index (χ1v) is 9.21. The Bertz CT molecular complexity index is 1090. The largest absolute Gasteiger partial charge is 0.423 e. The van der Waals surface area contributed by atoms with E-state index in [0.29, 0.717) is 16.7 Å². The molecule has 0 aliphatic carbocycles. The Balaban J connectivity index is 1.86. The second kappa shape index (κ2) is 9.94. The molecule has 3 N–H and O–H groups in total. The summed E-state index contributed by atoms with van der Waals surface area (Å²) in [5, 5.41) is 3.87. The molecule has 0 radical (unpaired) electrons. The van der Waals surface area contributed by atoms with Crippen LogP contribution in [0.5, 0.6) is 11.5 Å². The topological polar surface area (TPSA) is 103 Å². The number of benzene rings is 3. The number of esters is 2. The predicted molar refractivity (Wildman–Crippen MR) is 117 cm³/mol. The summed E-state index contributed by atoms with van der Waals surface area (Å²) in [7, 11) is 0. The maximum Gasteiger partial charge on any atom is 0.343 e. The highest BCUT2D eigenvalue weighted by Crippen LogP contribution is 2.25. The van der Waals surface area contributed by atoms with E-state index in [-0.39, 0.29) is 16.6 Å². The smallest absolute Gasteiger partial charge is 0.343 e. The molecule has 7 nitrogen and oxygen atoms in total. The fraction of sp³-hybridized carbons (Fsp3) is 0. The Morgan fingerprint density at radius 2 is 1.43 bits per heavy atom. The zero-order valence-corrected chi connectivity index (χ0v) is 16.5. The van der Waals surface area contributed by atoms with E-state index in [1.54, 1.807) is 72.8 Å². The molecule has 0 bridgehead atoms. The normalized spacial score (nSPS) is 10.4. The zero-order valence-electron chi connectivity index (χ0n) is 15.6. The minimum Gasteiger partial charge on any atom is -0.423 e. The van der Waals surface area contributed by atoms with Crippen LogP contribution in [0.15, 0.2) is 84.0 Å². The number of rotatable bonds is 6. The number of carbonyl (C=O) groups excluding carboxylic acids is 2. The standard InChI is InChI=1S/C22H17N3O4S/c23-22(30)25-24-14-17-11-12-18(28-20(26)15-7-3-1-4-8-15)13-19(17)29-21(27)16-9-5-2-6-10-16/h1-14H,(H3,23,25,30)/b24-14-. The number of nitrogens with one attached hydrogen (secondary N) is 1. The molecule has 0 saturated heterocycles. The van der Waals surface area contributed by atoms with Crippen molar-refractivity contribution in [1.29, 1.82) is 0 Å². The number of carbonyl (C=O) groups is 2. The molecule has 8 heteroatoms. The third-order valence-electron chi connectivity index (χ3n) is 3.80. The molecular weight excluding hydrogens is 402 g/mol. The van der Waals surface area contributed by atoms with E-state index in [2.05, 4.69) is 10.5 Å². The lowest BCUT2D eigenvalue weighted by atomic mass is 10.2. The van der Waals surface area contributed by atoms with Gasteiger partial charge in [-0.1, -0.05) is 36.4 Å². The van der Waals surface area contributed by atoms with Crippen molar-refractivity contribution in [2.24, 2.45) is 10.8 Å². The second-order valence-electron chi connectivity index (χ2n) is 5.94. The molecule has 150 valence electrons. The molecule has 3 rings (SSSR count). The zero-order chi connectivity index (χ0) is 21.3. The summed E-state index contributed by atoms with van der Waals surface area (Å²) >= 11 is 4.70. The molecule has 3 aromatic rings. The van der Waals surface area contributed by atoms with Crippen LogP contribution in [0.25, 0.3) is 0 Å². The van der Waals surface area contributed by atoms with Gasteiger partial charge in [-0.15, -0.1) is 0 Å². The highest BCUT2D eigenvalue weighted by molar-refractivity contribution is 7.80. The van der Waals surface area contributed by atoms with Crippen LogP contribution in [0.3, 0.4) is 0 Å². The lowest BCUT2D eigenvalue weighted by molar-refractivity contribution is 0.0732. The van der Waals surface area contributed by atoms with E-state index in [1.165, 1.54) is 12.3 Å². The highest BCUT2D eigenvalue weighted by Gasteiger charge is 2.14. The first kappa shape index (κ1) is 20.7. The van der Waals surface area contributed by atoms with Crippen molar-refractivity contribution in [2.45, 2.75) is 0 Å². The fourth-order valence-corrected chi connectivity index (χ4v) is 2.46. The monoisotopic (exact) mass is 419 g/mol. The van der Waals surface area contributed by atoms with E-state index in [9.17, 15) is 9.59 Å². The Kier molecular flexibility index (Phi) is 6.86. The lowest BCUT2D eigenvalue weighted by Gasteiger charge is -2.10. The van der Waals surface area contributed by atoms with Crippen molar-refractivity contribution in [1.82, 2.24) is 5.43 Å². The molecule has 3 aromatic carbocycles. The minimum absolute atomic E-state index is 0.0116. The average molecular weight is 419 g/mol. The van der Waals surface area contributed by atoms with Gasteiger partial charge in [-0.25, -0.2) is 9.59 Å². The van der Waals surface area contributed by atoms with Gasteiger partial charge in [0.2, 0.25) is 0 Å². The first-order valence-electron chi connectivity index (χ1n) is 8.80. The van der Waals surface area contributed by atoms with Gasteiger partial charge in [-0.05, 0) is 48.6 Å². The van der Waals surface area contributed by atoms with Crippen LogP contribution >= 0.6 is 12.2 Å². The van der Waals surface area contributed by atoms with Crippen LogP contribution in [0.2, 0.25) is 0 Å². The molecule has 0 fully saturated rings. The van der Waals surface area contributed by atoms with Crippen LogP contribution < -0.4 is 20.6 Å². The van der Waals surface area contributed by atoms with E-state index in [0.717, 1.165) is 0 Å². The summed E-state index contributed by atoms with van der Waals surface area (Å²) in [5.74, 6) is -0.749. The summed E-state index contributed by atoms with van der Waals surface area (Å²) in [5.41, 5.74) is 8.99. The van der Waals surface area contributed by atoms with Gasteiger partial charge in [0.1, 0.15) is 11.5 Å². The number of nitrogens with zero attached hydrogens (tertiary/aromatic N) is 1. The van der Waals surface area contributed by atoms with Crippen LogP contribution in [0, 0.1) is 0 Å². The van der Waals surface area contributed by atoms with Gasteiger partial charge in [-0.2, -0.15) is 5.10 Å². The molecular formula is C22H17N3O4S. The lowest BCUT2D eigenvalue weighted by Crippen LogP contribution is -2.24. The molecule has 0 heterocycles. The van der Waals surface area contributed by atoms with Gasteiger partial charge in [0.25, 0.3) is 0 Å². The van der Waals surface area contributed by atoms with Crippen molar-refractivity contribution >= 4 is 35.5 Å². The number of thiocarbonyl (C=S) groups is 1. The third-order valence-corrected chi connectivity index (χ3v) is 3.89.